The van der Waals surface area contributed by atoms with Crippen LogP contribution in [0.25, 0.3) is 0 Å². The monoisotopic (exact) mass is 346 g/mol. The second-order valence-corrected chi connectivity index (χ2v) is 7.61. The molecule has 1 saturated carbocycles. The van der Waals surface area contributed by atoms with Crippen molar-refractivity contribution in [2.75, 3.05) is 20.1 Å². The molecule has 6 nitrogen and oxygen atoms in total. The molecule has 1 aliphatic carbocycles. The smallest absolute Gasteiger partial charge is 0.227 e. The molecule has 0 unspecified atom stereocenters. The predicted molar refractivity (Wildman–Crippen MR) is 95.9 cm³/mol. The average molecular weight is 346 g/mol. The van der Waals surface area contributed by atoms with Crippen molar-refractivity contribution in [3.05, 3.63) is 18.0 Å². The van der Waals surface area contributed by atoms with Crippen molar-refractivity contribution in [3.63, 3.8) is 0 Å². The van der Waals surface area contributed by atoms with Gasteiger partial charge in [-0.05, 0) is 37.7 Å². The molecule has 0 aromatic carbocycles. The Labute approximate surface area is 150 Å². The van der Waals surface area contributed by atoms with Gasteiger partial charge in [0.1, 0.15) is 0 Å². The van der Waals surface area contributed by atoms with E-state index in [-0.39, 0.29) is 17.7 Å². The van der Waals surface area contributed by atoms with Gasteiger partial charge in [0.15, 0.2) is 0 Å². The summed E-state index contributed by atoms with van der Waals surface area (Å²) in [6.07, 6.45) is 11.6. The predicted octanol–water partition coefficient (Wildman–Crippen LogP) is 1.99. The van der Waals surface area contributed by atoms with Crippen LogP contribution in [-0.2, 0) is 23.1 Å². The first kappa shape index (κ1) is 18.0. The Morgan fingerprint density at radius 2 is 2.08 bits per heavy atom. The number of carbonyl (C=O) groups excluding carboxylic acids is 2. The van der Waals surface area contributed by atoms with Gasteiger partial charge in [0, 0.05) is 45.8 Å². The third-order valence-electron chi connectivity index (χ3n) is 5.65. The van der Waals surface area contributed by atoms with Crippen molar-refractivity contribution in [2.45, 2.75) is 57.4 Å². The SMILES string of the molecule is CN(CCCc1cnn(C)c1)C(=O)[C@@H]1CCC(=O)N(C2CCCC2)C1. The fourth-order valence-electron chi connectivity index (χ4n) is 4.19. The van der Waals surface area contributed by atoms with Gasteiger partial charge in [-0.3, -0.25) is 14.3 Å². The van der Waals surface area contributed by atoms with E-state index >= 15 is 0 Å². The summed E-state index contributed by atoms with van der Waals surface area (Å²) in [6, 6.07) is 0.374. The number of nitrogens with zero attached hydrogens (tertiary/aromatic N) is 4. The van der Waals surface area contributed by atoms with E-state index in [1.54, 1.807) is 4.68 Å². The summed E-state index contributed by atoms with van der Waals surface area (Å²) < 4.78 is 1.81. The first-order valence-electron chi connectivity index (χ1n) is 9.56. The zero-order chi connectivity index (χ0) is 17.8. The molecule has 6 heteroatoms. The maximum absolute atomic E-state index is 12.8. The second-order valence-electron chi connectivity index (χ2n) is 7.61. The highest BCUT2D eigenvalue weighted by Crippen LogP contribution is 2.29. The average Bonchev–Trinajstić information content (AvgIpc) is 3.26. The van der Waals surface area contributed by atoms with Gasteiger partial charge in [-0.15, -0.1) is 0 Å². The lowest BCUT2D eigenvalue weighted by atomic mass is 9.94. The highest BCUT2D eigenvalue weighted by atomic mass is 16.2. The fraction of sp³-hybridized carbons (Fsp3) is 0.737. The Morgan fingerprint density at radius 3 is 2.76 bits per heavy atom. The normalized spacial score (nSPS) is 21.8. The molecule has 2 fully saturated rings. The molecular weight excluding hydrogens is 316 g/mol. The van der Waals surface area contributed by atoms with Crippen LogP contribution in [-0.4, -0.2) is 57.6 Å². The number of carbonyl (C=O) groups is 2. The Balaban J connectivity index is 1.48. The zero-order valence-corrected chi connectivity index (χ0v) is 15.5. The maximum Gasteiger partial charge on any atom is 0.227 e. The van der Waals surface area contributed by atoms with E-state index in [1.807, 2.05) is 36.3 Å². The van der Waals surface area contributed by atoms with Crippen LogP contribution in [0.3, 0.4) is 0 Å². The largest absolute Gasteiger partial charge is 0.345 e. The number of hydrogen-bond acceptors (Lipinski definition) is 3. The lowest BCUT2D eigenvalue weighted by Gasteiger charge is -2.37. The van der Waals surface area contributed by atoms with E-state index < -0.39 is 0 Å². The van der Waals surface area contributed by atoms with Crippen LogP contribution in [0.2, 0.25) is 0 Å². The summed E-state index contributed by atoms with van der Waals surface area (Å²) in [6.45, 7) is 1.37. The molecule has 25 heavy (non-hydrogen) atoms. The van der Waals surface area contributed by atoms with E-state index in [0.717, 1.165) is 32.2 Å². The summed E-state index contributed by atoms with van der Waals surface area (Å²) in [4.78, 5) is 28.9. The van der Waals surface area contributed by atoms with Gasteiger partial charge in [0.25, 0.3) is 0 Å². The molecule has 1 aliphatic heterocycles. The molecule has 2 amide bonds. The molecule has 1 aromatic rings. The summed E-state index contributed by atoms with van der Waals surface area (Å²) in [5.74, 6) is 0.415. The Kier molecular flexibility index (Phi) is 5.76. The van der Waals surface area contributed by atoms with E-state index in [9.17, 15) is 9.59 Å². The van der Waals surface area contributed by atoms with Crippen molar-refractivity contribution >= 4 is 11.8 Å². The number of aromatic nitrogens is 2. The number of likely N-dealkylation sites (tertiary alicyclic amines) is 1. The first-order valence-corrected chi connectivity index (χ1v) is 9.56. The van der Waals surface area contributed by atoms with Gasteiger partial charge in [0.05, 0.1) is 12.1 Å². The van der Waals surface area contributed by atoms with Crippen LogP contribution in [0, 0.1) is 5.92 Å². The molecule has 1 atom stereocenters. The van der Waals surface area contributed by atoms with Crippen molar-refractivity contribution in [1.29, 1.82) is 0 Å². The van der Waals surface area contributed by atoms with Gasteiger partial charge < -0.3 is 9.80 Å². The molecule has 2 heterocycles. The standard InChI is InChI=1S/C19H30N4O2/c1-21(11-5-6-15-12-20-22(2)13-15)19(25)16-9-10-18(24)23(14-16)17-7-3-4-8-17/h12-13,16-17H,3-11,14H2,1-2H3/t16-/m1/s1. The van der Waals surface area contributed by atoms with Crippen molar-refractivity contribution in [2.24, 2.45) is 13.0 Å². The van der Waals surface area contributed by atoms with E-state index in [2.05, 4.69) is 5.10 Å². The van der Waals surface area contributed by atoms with Gasteiger partial charge >= 0.3 is 0 Å². The lowest BCUT2D eigenvalue weighted by Crippen LogP contribution is -2.49. The summed E-state index contributed by atoms with van der Waals surface area (Å²) in [7, 11) is 3.81. The number of aryl methyl sites for hydroxylation is 2. The second kappa shape index (κ2) is 8.02. The van der Waals surface area contributed by atoms with Crippen molar-refractivity contribution < 1.29 is 9.59 Å². The topological polar surface area (TPSA) is 58.4 Å². The van der Waals surface area contributed by atoms with Crippen molar-refractivity contribution in [1.82, 2.24) is 19.6 Å². The third-order valence-corrected chi connectivity index (χ3v) is 5.65. The Morgan fingerprint density at radius 1 is 1.32 bits per heavy atom. The third kappa shape index (κ3) is 4.41. The van der Waals surface area contributed by atoms with Gasteiger partial charge in [-0.2, -0.15) is 5.10 Å². The molecule has 0 N–H and O–H groups in total. The molecule has 0 bridgehead atoms. The van der Waals surface area contributed by atoms with Crippen LogP contribution in [0.15, 0.2) is 12.4 Å². The Bertz CT molecular complexity index is 606. The molecule has 0 spiro atoms. The van der Waals surface area contributed by atoms with Gasteiger partial charge in [-0.1, -0.05) is 12.8 Å². The van der Waals surface area contributed by atoms with E-state index in [0.29, 0.717) is 25.4 Å². The molecule has 3 rings (SSSR count). The first-order chi connectivity index (χ1) is 12.0. The van der Waals surface area contributed by atoms with Gasteiger partial charge in [-0.25, -0.2) is 0 Å². The highest BCUT2D eigenvalue weighted by molar-refractivity contribution is 5.84. The maximum atomic E-state index is 12.8. The Hall–Kier alpha value is -1.85. The molecule has 1 saturated heterocycles. The molecule has 0 radical (unpaired) electrons. The van der Waals surface area contributed by atoms with E-state index in [1.165, 1.54) is 18.4 Å². The minimum absolute atomic E-state index is 0.0262. The minimum atomic E-state index is -0.0262. The van der Waals surface area contributed by atoms with Crippen LogP contribution < -0.4 is 0 Å². The van der Waals surface area contributed by atoms with E-state index in [4.69, 9.17) is 0 Å². The number of hydrogen-bond donors (Lipinski definition) is 0. The van der Waals surface area contributed by atoms with Gasteiger partial charge in [0.2, 0.25) is 11.8 Å². The van der Waals surface area contributed by atoms with Crippen molar-refractivity contribution in [3.8, 4) is 0 Å². The van der Waals surface area contributed by atoms with Crippen LogP contribution in [0.5, 0.6) is 0 Å². The summed E-state index contributed by atoms with van der Waals surface area (Å²) in [5, 5.41) is 4.17. The minimum Gasteiger partial charge on any atom is -0.345 e. The fourth-order valence-corrected chi connectivity index (χ4v) is 4.19. The quantitative estimate of drug-likeness (QED) is 0.791. The summed E-state index contributed by atoms with van der Waals surface area (Å²) in [5.41, 5.74) is 1.21. The molecule has 1 aromatic heterocycles. The molecule has 2 aliphatic rings. The molecular formula is C19H30N4O2. The van der Waals surface area contributed by atoms with Crippen LogP contribution in [0.4, 0.5) is 0 Å². The zero-order valence-electron chi connectivity index (χ0n) is 15.5. The lowest BCUT2D eigenvalue weighted by molar-refractivity contribution is -0.144. The molecule has 138 valence electrons. The number of amides is 2. The number of piperidine rings is 1. The summed E-state index contributed by atoms with van der Waals surface area (Å²) >= 11 is 0. The van der Waals surface area contributed by atoms with Crippen LogP contribution in [0.1, 0.15) is 50.5 Å². The van der Waals surface area contributed by atoms with Crippen LogP contribution >= 0.6 is 0 Å². The number of rotatable bonds is 6. The highest BCUT2D eigenvalue weighted by Gasteiger charge is 2.35.